The fourth-order valence-electron chi connectivity index (χ4n) is 4.35. The van der Waals surface area contributed by atoms with Gasteiger partial charge in [0, 0.05) is 48.4 Å². The predicted octanol–water partition coefficient (Wildman–Crippen LogP) is 3.28. The zero-order valence-electron chi connectivity index (χ0n) is 16.2. The van der Waals surface area contributed by atoms with Crippen LogP contribution in [0.3, 0.4) is 0 Å². The van der Waals surface area contributed by atoms with E-state index in [0.29, 0.717) is 6.04 Å². The lowest BCUT2D eigenvalue weighted by Crippen LogP contribution is -2.37. The van der Waals surface area contributed by atoms with Gasteiger partial charge in [-0.25, -0.2) is 0 Å². The number of thiophene rings is 1. The number of likely N-dealkylation sites (tertiary alicyclic amines) is 1. The molecule has 2 aromatic heterocycles. The molecule has 6 heteroatoms. The molecule has 1 aliphatic heterocycles. The summed E-state index contributed by atoms with van der Waals surface area (Å²) in [6.07, 6.45) is 7.45. The van der Waals surface area contributed by atoms with E-state index in [2.05, 4.69) is 34.4 Å². The number of nitrogens with zero attached hydrogens (tertiary/aromatic N) is 3. The first kappa shape index (κ1) is 18.7. The number of aromatic nitrogens is 2. The average Bonchev–Trinajstić information content (AvgIpc) is 3.43. The van der Waals surface area contributed by atoms with Gasteiger partial charge in [-0.15, -0.1) is 11.3 Å². The Hall–Kier alpha value is -1.66. The SMILES string of the molecule is CCCn1nc(C(=O)N2CCCC2)c2c1CCC(NCCc1cccs1)C2. The van der Waals surface area contributed by atoms with Gasteiger partial charge >= 0.3 is 0 Å². The molecule has 0 saturated carbocycles. The molecule has 146 valence electrons. The van der Waals surface area contributed by atoms with E-state index in [-0.39, 0.29) is 5.91 Å². The first-order valence-electron chi connectivity index (χ1n) is 10.4. The van der Waals surface area contributed by atoms with Crippen LogP contribution in [0.2, 0.25) is 0 Å². The zero-order valence-corrected chi connectivity index (χ0v) is 17.1. The van der Waals surface area contributed by atoms with Crippen LogP contribution in [-0.4, -0.2) is 46.3 Å². The van der Waals surface area contributed by atoms with Gasteiger partial charge in [-0.2, -0.15) is 5.10 Å². The second kappa shape index (κ2) is 8.57. The molecule has 5 nitrogen and oxygen atoms in total. The van der Waals surface area contributed by atoms with Crippen molar-refractivity contribution in [2.24, 2.45) is 0 Å². The summed E-state index contributed by atoms with van der Waals surface area (Å²) >= 11 is 1.82. The molecule has 1 N–H and O–H groups in total. The Morgan fingerprint density at radius 1 is 1.37 bits per heavy atom. The number of nitrogens with one attached hydrogen (secondary N) is 1. The summed E-state index contributed by atoms with van der Waals surface area (Å²) in [4.78, 5) is 16.5. The first-order chi connectivity index (χ1) is 13.3. The molecular formula is C21H30N4OS. The Balaban J connectivity index is 1.47. The maximum atomic E-state index is 13.0. The quantitative estimate of drug-likeness (QED) is 0.794. The highest BCUT2D eigenvalue weighted by Gasteiger charge is 2.31. The average molecular weight is 387 g/mol. The fourth-order valence-corrected chi connectivity index (χ4v) is 5.06. The van der Waals surface area contributed by atoms with Gasteiger partial charge in [-0.1, -0.05) is 13.0 Å². The number of amides is 1. The first-order valence-corrected chi connectivity index (χ1v) is 11.3. The highest BCUT2D eigenvalue weighted by Crippen LogP contribution is 2.27. The summed E-state index contributed by atoms with van der Waals surface area (Å²) in [5.74, 6) is 0.151. The number of carbonyl (C=O) groups excluding carboxylic acids is 1. The van der Waals surface area contributed by atoms with Crippen LogP contribution in [0.5, 0.6) is 0 Å². The summed E-state index contributed by atoms with van der Waals surface area (Å²) in [5, 5.41) is 10.6. The highest BCUT2D eigenvalue weighted by atomic mass is 32.1. The molecule has 2 aliphatic rings. The number of carbonyl (C=O) groups is 1. The maximum Gasteiger partial charge on any atom is 0.274 e. The molecule has 0 spiro atoms. The van der Waals surface area contributed by atoms with Crippen LogP contribution in [0.25, 0.3) is 0 Å². The summed E-state index contributed by atoms with van der Waals surface area (Å²) < 4.78 is 2.11. The molecule has 1 amide bonds. The van der Waals surface area contributed by atoms with Gasteiger partial charge in [-0.3, -0.25) is 9.48 Å². The van der Waals surface area contributed by atoms with Crippen molar-refractivity contribution >= 4 is 17.2 Å². The largest absolute Gasteiger partial charge is 0.337 e. The Morgan fingerprint density at radius 3 is 2.96 bits per heavy atom. The van der Waals surface area contributed by atoms with Gasteiger partial charge in [0.2, 0.25) is 0 Å². The molecule has 2 aromatic rings. The van der Waals surface area contributed by atoms with E-state index in [1.54, 1.807) is 0 Å². The van der Waals surface area contributed by atoms with E-state index in [9.17, 15) is 4.79 Å². The molecule has 4 rings (SSSR count). The summed E-state index contributed by atoms with van der Waals surface area (Å²) in [5.41, 5.74) is 3.24. The second-order valence-electron chi connectivity index (χ2n) is 7.72. The van der Waals surface area contributed by atoms with Gasteiger partial charge in [0.25, 0.3) is 5.91 Å². The standard InChI is InChI=1S/C21H30N4OS/c1-2-11-25-19-8-7-16(22-10-9-17-6-5-14-27-17)15-18(19)20(23-25)21(26)24-12-3-4-13-24/h5-6,14,16,22H,2-4,7-13,15H2,1H3. The third-order valence-electron chi connectivity index (χ3n) is 5.76. The molecule has 0 radical (unpaired) electrons. The summed E-state index contributed by atoms with van der Waals surface area (Å²) in [7, 11) is 0. The van der Waals surface area contributed by atoms with Crippen molar-refractivity contribution in [3.8, 4) is 0 Å². The minimum Gasteiger partial charge on any atom is -0.337 e. The van der Waals surface area contributed by atoms with Crippen molar-refractivity contribution in [1.82, 2.24) is 20.0 Å². The third kappa shape index (κ3) is 4.11. The third-order valence-corrected chi connectivity index (χ3v) is 6.70. The normalized spacial score (nSPS) is 19.4. The smallest absolute Gasteiger partial charge is 0.274 e. The number of aryl methyl sites for hydroxylation is 1. The molecule has 0 aromatic carbocycles. The minimum atomic E-state index is 0.151. The monoisotopic (exact) mass is 386 g/mol. The molecule has 0 bridgehead atoms. The molecule has 1 saturated heterocycles. The fraction of sp³-hybridized carbons (Fsp3) is 0.619. The van der Waals surface area contributed by atoms with E-state index in [4.69, 9.17) is 5.10 Å². The van der Waals surface area contributed by atoms with Crippen molar-refractivity contribution in [2.75, 3.05) is 19.6 Å². The molecule has 1 unspecified atom stereocenters. The lowest BCUT2D eigenvalue weighted by molar-refractivity contribution is 0.0784. The molecular weight excluding hydrogens is 356 g/mol. The van der Waals surface area contributed by atoms with Crippen molar-refractivity contribution in [2.45, 2.75) is 64.5 Å². The topological polar surface area (TPSA) is 50.2 Å². The van der Waals surface area contributed by atoms with Gasteiger partial charge in [-0.05, 0) is 56.4 Å². The van der Waals surface area contributed by atoms with Crippen LogP contribution >= 0.6 is 11.3 Å². The van der Waals surface area contributed by atoms with Crippen LogP contribution in [0.15, 0.2) is 17.5 Å². The Kier molecular flexibility index (Phi) is 5.93. The molecule has 1 fully saturated rings. The van der Waals surface area contributed by atoms with Gasteiger partial charge < -0.3 is 10.2 Å². The zero-order chi connectivity index (χ0) is 18.6. The van der Waals surface area contributed by atoms with Crippen molar-refractivity contribution < 1.29 is 4.79 Å². The van der Waals surface area contributed by atoms with Crippen molar-refractivity contribution in [3.63, 3.8) is 0 Å². The van der Waals surface area contributed by atoms with Gasteiger partial charge in [0.1, 0.15) is 0 Å². The maximum absolute atomic E-state index is 13.0. The van der Waals surface area contributed by atoms with Crippen LogP contribution in [0, 0.1) is 0 Å². The highest BCUT2D eigenvalue weighted by molar-refractivity contribution is 7.09. The Morgan fingerprint density at radius 2 is 2.22 bits per heavy atom. The van der Waals surface area contributed by atoms with Crippen LogP contribution in [0.4, 0.5) is 0 Å². The molecule has 3 heterocycles. The Labute approximate surface area is 165 Å². The Bertz CT molecular complexity index is 761. The summed E-state index contributed by atoms with van der Waals surface area (Å²) in [6.45, 7) is 5.85. The van der Waals surface area contributed by atoms with Crippen LogP contribution in [-0.2, 0) is 25.8 Å². The lowest BCUT2D eigenvalue weighted by atomic mass is 9.91. The lowest BCUT2D eigenvalue weighted by Gasteiger charge is -2.25. The number of hydrogen-bond acceptors (Lipinski definition) is 4. The number of fused-ring (bicyclic) bond motifs is 1. The van der Waals surface area contributed by atoms with E-state index in [0.717, 1.165) is 76.8 Å². The van der Waals surface area contributed by atoms with E-state index >= 15 is 0 Å². The van der Waals surface area contributed by atoms with E-state index in [1.165, 1.54) is 16.1 Å². The molecule has 1 aliphatic carbocycles. The van der Waals surface area contributed by atoms with Crippen molar-refractivity contribution in [3.05, 3.63) is 39.3 Å². The number of rotatable bonds is 7. The molecule has 27 heavy (non-hydrogen) atoms. The van der Waals surface area contributed by atoms with E-state index < -0.39 is 0 Å². The molecule has 1 atom stereocenters. The number of hydrogen-bond donors (Lipinski definition) is 1. The van der Waals surface area contributed by atoms with Crippen LogP contribution < -0.4 is 5.32 Å². The predicted molar refractivity (Wildman–Crippen MR) is 109 cm³/mol. The van der Waals surface area contributed by atoms with Crippen LogP contribution in [0.1, 0.15) is 59.2 Å². The van der Waals surface area contributed by atoms with Gasteiger partial charge in [0.05, 0.1) is 0 Å². The van der Waals surface area contributed by atoms with E-state index in [1.807, 2.05) is 16.2 Å². The second-order valence-corrected chi connectivity index (χ2v) is 8.75. The summed E-state index contributed by atoms with van der Waals surface area (Å²) in [6, 6.07) is 4.76. The minimum absolute atomic E-state index is 0.151. The van der Waals surface area contributed by atoms with Gasteiger partial charge in [0.15, 0.2) is 5.69 Å². The van der Waals surface area contributed by atoms with Crippen molar-refractivity contribution in [1.29, 1.82) is 0 Å².